The second-order valence-corrected chi connectivity index (χ2v) is 13.1. The number of benzene rings is 1. The topological polar surface area (TPSA) is 135 Å². The van der Waals surface area contributed by atoms with Crippen LogP contribution in [0.2, 0.25) is 0 Å². The fourth-order valence-corrected chi connectivity index (χ4v) is 7.48. The molecule has 2 N–H and O–H groups in total. The van der Waals surface area contributed by atoms with E-state index in [1.54, 1.807) is 23.1 Å². The summed E-state index contributed by atoms with van der Waals surface area (Å²) in [6.45, 7) is 7.80. The third-order valence-electron chi connectivity index (χ3n) is 10.00. The number of carbonyl (C=O) groups excluding carboxylic acids is 4. The lowest BCUT2D eigenvalue weighted by Crippen LogP contribution is -2.60. The summed E-state index contributed by atoms with van der Waals surface area (Å²) >= 11 is 0. The van der Waals surface area contributed by atoms with Gasteiger partial charge in [0.15, 0.2) is 0 Å². The van der Waals surface area contributed by atoms with Crippen molar-refractivity contribution >= 4 is 23.7 Å². The number of amides is 3. The zero-order valence-corrected chi connectivity index (χ0v) is 27.3. The van der Waals surface area contributed by atoms with Crippen LogP contribution in [0, 0.1) is 17.8 Å². The van der Waals surface area contributed by atoms with E-state index >= 15 is 0 Å². The fourth-order valence-electron chi connectivity index (χ4n) is 7.48. The van der Waals surface area contributed by atoms with Crippen molar-refractivity contribution in [1.29, 1.82) is 0 Å². The number of nitrogens with zero attached hydrogens (tertiary/aromatic N) is 2. The van der Waals surface area contributed by atoms with Crippen LogP contribution in [-0.2, 0) is 33.4 Å². The summed E-state index contributed by atoms with van der Waals surface area (Å²) < 4.78 is 18.5. The van der Waals surface area contributed by atoms with E-state index < -0.39 is 59.6 Å². The molecule has 1 aromatic rings. The van der Waals surface area contributed by atoms with Crippen LogP contribution in [0.5, 0.6) is 0 Å². The van der Waals surface area contributed by atoms with Crippen LogP contribution in [0.4, 0.5) is 0 Å². The molecule has 0 bridgehead atoms. The Balaban J connectivity index is 1.65. The molecule has 1 spiro atoms. The molecule has 0 aliphatic carbocycles. The summed E-state index contributed by atoms with van der Waals surface area (Å²) in [5, 5.41) is 13.6. The molecule has 3 amide bonds. The Morgan fingerprint density at radius 3 is 2.48 bits per heavy atom. The van der Waals surface area contributed by atoms with Crippen LogP contribution in [0.15, 0.2) is 54.6 Å². The lowest BCUT2D eigenvalue weighted by atomic mass is 9.77. The third kappa shape index (κ3) is 6.00. The fraction of sp³-hybridized carbons (Fsp3) is 0.600. The van der Waals surface area contributed by atoms with Crippen LogP contribution >= 0.6 is 0 Å². The Morgan fingerprint density at radius 1 is 1.09 bits per heavy atom. The maximum absolute atomic E-state index is 14.8. The van der Waals surface area contributed by atoms with E-state index in [2.05, 4.69) is 5.32 Å². The Labute approximate surface area is 270 Å². The molecule has 9 atom stereocenters. The van der Waals surface area contributed by atoms with Gasteiger partial charge in [0.05, 0.1) is 37.3 Å². The van der Waals surface area contributed by atoms with Gasteiger partial charge in [-0.2, -0.15) is 0 Å². The van der Waals surface area contributed by atoms with Gasteiger partial charge in [0.2, 0.25) is 17.7 Å². The van der Waals surface area contributed by atoms with Crippen molar-refractivity contribution in [2.45, 2.75) is 88.9 Å². The van der Waals surface area contributed by atoms with Crippen molar-refractivity contribution in [3.05, 3.63) is 60.2 Å². The van der Waals surface area contributed by atoms with Gasteiger partial charge in [-0.05, 0) is 31.7 Å². The molecule has 5 rings (SSSR count). The number of hydrogen-bond acceptors (Lipinski definition) is 8. The highest BCUT2D eigenvalue weighted by atomic mass is 16.6. The van der Waals surface area contributed by atoms with E-state index in [1.807, 2.05) is 64.1 Å². The minimum atomic E-state index is -1.47. The molecule has 0 aromatic heterocycles. The van der Waals surface area contributed by atoms with E-state index in [0.29, 0.717) is 24.9 Å². The molecule has 1 aromatic carbocycles. The van der Waals surface area contributed by atoms with E-state index in [9.17, 15) is 24.3 Å². The highest BCUT2D eigenvalue weighted by Gasteiger charge is 2.72. The molecule has 2 saturated heterocycles. The number of methoxy groups -OCH3 is 1. The number of hydrogen-bond donors (Lipinski definition) is 2. The average molecular weight is 638 g/mol. The lowest BCUT2D eigenvalue weighted by Gasteiger charge is -2.41. The van der Waals surface area contributed by atoms with E-state index in [1.165, 1.54) is 12.0 Å². The number of fused-ring (bicyclic) bond motifs is 2. The molecule has 4 aliphatic heterocycles. The quantitative estimate of drug-likeness (QED) is 0.328. The number of aliphatic hydroxyl groups is 1. The second-order valence-electron chi connectivity index (χ2n) is 13.1. The van der Waals surface area contributed by atoms with Gasteiger partial charge in [-0.15, -0.1) is 0 Å². The van der Waals surface area contributed by atoms with Gasteiger partial charge in [0, 0.05) is 26.1 Å². The van der Waals surface area contributed by atoms with Gasteiger partial charge in [0.1, 0.15) is 23.7 Å². The highest BCUT2D eigenvalue weighted by Crippen LogP contribution is 2.54. The summed E-state index contributed by atoms with van der Waals surface area (Å²) in [5.41, 5.74) is -0.817. The van der Waals surface area contributed by atoms with Crippen LogP contribution in [-0.4, -0.2) is 101 Å². The van der Waals surface area contributed by atoms with Gasteiger partial charge in [0.25, 0.3) is 0 Å². The molecule has 0 saturated carbocycles. The third-order valence-corrected chi connectivity index (χ3v) is 10.00. The Kier molecular flexibility index (Phi) is 10.3. The van der Waals surface area contributed by atoms with Gasteiger partial charge in [-0.3, -0.25) is 19.2 Å². The summed E-state index contributed by atoms with van der Waals surface area (Å²) in [6, 6.07) is 6.50. The normalized spacial score (nSPS) is 33.6. The van der Waals surface area contributed by atoms with E-state index in [0.717, 1.165) is 0 Å². The maximum Gasteiger partial charge on any atom is 0.313 e. The van der Waals surface area contributed by atoms with Gasteiger partial charge >= 0.3 is 5.97 Å². The first-order valence-electron chi connectivity index (χ1n) is 16.4. The number of nitrogens with one attached hydrogen (secondary N) is 1. The Morgan fingerprint density at radius 2 is 1.83 bits per heavy atom. The molecule has 0 unspecified atom stereocenters. The zero-order valence-electron chi connectivity index (χ0n) is 27.3. The number of cyclic esters (lactones) is 1. The molecule has 11 nitrogen and oxygen atoms in total. The number of esters is 1. The summed E-state index contributed by atoms with van der Waals surface area (Å²) in [5.74, 6) is -3.91. The zero-order chi connectivity index (χ0) is 33.2. The molecular weight excluding hydrogens is 590 g/mol. The number of likely N-dealkylation sites (tertiary alicyclic amines) is 1. The van der Waals surface area contributed by atoms with Crippen molar-refractivity contribution in [3.8, 4) is 0 Å². The van der Waals surface area contributed by atoms with E-state index in [4.69, 9.17) is 14.2 Å². The van der Waals surface area contributed by atoms with Crippen molar-refractivity contribution in [3.63, 3.8) is 0 Å². The number of ether oxygens (including phenoxy) is 3. The second kappa shape index (κ2) is 14.1. The monoisotopic (exact) mass is 637 g/mol. The molecule has 0 radical (unpaired) electrons. The number of carbonyl (C=O) groups is 4. The summed E-state index contributed by atoms with van der Waals surface area (Å²) in [4.78, 5) is 59.9. The minimum absolute atomic E-state index is 0.0799. The molecule has 4 aliphatic rings. The summed E-state index contributed by atoms with van der Waals surface area (Å²) in [6.07, 6.45) is 6.52. The number of allylic oxidation sites excluding steroid dienone is 1. The predicted molar refractivity (Wildman–Crippen MR) is 169 cm³/mol. The van der Waals surface area contributed by atoms with Gasteiger partial charge in [-0.1, -0.05) is 74.9 Å². The molecule has 4 heterocycles. The first-order chi connectivity index (χ1) is 22.1. The number of aliphatic hydroxyl groups excluding tert-OH is 1. The van der Waals surface area contributed by atoms with Crippen LogP contribution in [0.25, 0.3) is 0 Å². The maximum atomic E-state index is 14.8. The minimum Gasteiger partial charge on any atom is -0.455 e. The van der Waals surface area contributed by atoms with Crippen LogP contribution in [0.1, 0.15) is 58.6 Å². The van der Waals surface area contributed by atoms with Gasteiger partial charge < -0.3 is 34.4 Å². The number of rotatable bonds is 8. The van der Waals surface area contributed by atoms with Crippen LogP contribution in [0.3, 0.4) is 0 Å². The Bertz CT molecular complexity index is 1350. The smallest absolute Gasteiger partial charge is 0.313 e. The molecular formula is C35H47N3O8. The molecule has 46 heavy (non-hydrogen) atoms. The molecule has 250 valence electrons. The van der Waals surface area contributed by atoms with Crippen molar-refractivity contribution in [1.82, 2.24) is 15.1 Å². The SMILES string of the molecule is CC[C@H](C)[C@H](CO)N1C(=O)[C@H]2[C@@H]3C(=O)O[C@@H](c4ccccc4)[C@H](COC)NC(=O)CC/C=C\[C@@H]3O[C@]23C=CCN(C(C)C)C(=O)[C@H]13. The summed E-state index contributed by atoms with van der Waals surface area (Å²) in [7, 11) is 1.51. The highest BCUT2D eigenvalue weighted by molar-refractivity contribution is 5.99. The largest absolute Gasteiger partial charge is 0.455 e. The average Bonchev–Trinajstić information content (AvgIpc) is 3.42. The van der Waals surface area contributed by atoms with Crippen molar-refractivity contribution in [2.24, 2.45) is 17.8 Å². The van der Waals surface area contributed by atoms with Crippen LogP contribution < -0.4 is 5.32 Å². The van der Waals surface area contributed by atoms with Gasteiger partial charge in [-0.25, -0.2) is 0 Å². The molecule has 2 fully saturated rings. The first kappa shape index (κ1) is 33.8. The van der Waals surface area contributed by atoms with Crippen molar-refractivity contribution < 1.29 is 38.5 Å². The predicted octanol–water partition coefficient (Wildman–Crippen LogP) is 2.55. The standard InChI is InChI=1S/C35H47N3O8/c1-6-22(4)25(19-39)38-31-33(42)37(21(2)3)18-12-17-35(31)29(32(38)41)28-26(46-35)15-10-11-16-27(40)36-24(20-44-5)30(45-34(28)43)23-13-8-7-9-14-23/h7-10,12-15,17,21-22,24-26,28-31,39H,6,11,16,18-20H2,1-5H3,(H,36,40)/b15-10-/t22-,24-,25-,26-,28+,29+,30-,31-,35+/m0/s1. The van der Waals surface area contributed by atoms with Crippen molar-refractivity contribution in [2.75, 3.05) is 26.9 Å². The lowest BCUT2D eigenvalue weighted by molar-refractivity contribution is -0.163. The molecule has 11 heteroatoms. The first-order valence-corrected chi connectivity index (χ1v) is 16.4. The van der Waals surface area contributed by atoms with E-state index in [-0.39, 0.29) is 43.4 Å². The Hall–Kier alpha value is -3.54.